The molecular weight excluding hydrogens is 340 g/mol. The second-order valence-electron chi connectivity index (χ2n) is 7.70. The number of ether oxygens (including phenoxy) is 4. The van der Waals surface area contributed by atoms with Crippen molar-refractivity contribution >= 4 is 22.2 Å². The van der Waals surface area contributed by atoms with Crippen LogP contribution in [-0.2, 0) is 23.7 Å². The van der Waals surface area contributed by atoms with Crippen LogP contribution in [0, 0.1) is 40.9 Å². The molecule has 2 spiro atoms. The lowest BCUT2D eigenvalue weighted by Gasteiger charge is -2.70. The Hall–Kier alpha value is -0.0100. The number of carbonyl (C=O) groups is 1. The molecule has 2 aliphatic heterocycles. The maximum absolute atomic E-state index is 12.2. The summed E-state index contributed by atoms with van der Waals surface area (Å²) >= 11 is 4.03. The molecule has 0 unspecified atom stereocenters. The first-order valence-electron chi connectivity index (χ1n) is 7.92. The average molecular weight is 355 g/mol. The lowest BCUT2D eigenvalue weighted by atomic mass is 9.35. The number of alkyl halides is 1. The number of rotatable bonds is 1. The quantitative estimate of drug-likeness (QED) is 0.508. The second kappa shape index (κ2) is 2.77. The highest BCUT2D eigenvalue weighted by Gasteiger charge is 3.08. The number of hydrogen-bond acceptors (Lipinski definition) is 5. The van der Waals surface area contributed by atoms with E-state index in [-0.39, 0.29) is 16.2 Å². The van der Waals surface area contributed by atoms with E-state index < -0.39 is 17.0 Å². The van der Waals surface area contributed by atoms with Gasteiger partial charge >= 0.3 is 0 Å². The second-order valence-corrected chi connectivity index (χ2v) is 9.01. The molecule has 0 aromatic rings. The highest BCUT2D eigenvalue weighted by Crippen LogP contribution is 3.00. The first-order valence-corrected chi connectivity index (χ1v) is 8.71. The third kappa shape index (κ3) is 0.660. The molecule has 21 heavy (non-hydrogen) atoms. The molecule has 2 saturated heterocycles. The van der Waals surface area contributed by atoms with Crippen molar-refractivity contribution in [2.75, 3.05) is 26.4 Å². The Balaban J connectivity index is 1.54. The van der Waals surface area contributed by atoms with Crippen LogP contribution in [0.25, 0.3) is 0 Å². The van der Waals surface area contributed by atoms with Crippen molar-refractivity contribution in [3.8, 4) is 0 Å². The van der Waals surface area contributed by atoms with Crippen LogP contribution in [0.4, 0.5) is 0 Å². The molecule has 0 radical (unpaired) electrons. The zero-order valence-corrected chi connectivity index (χ0v) is 12.9. The first-order chi connectivity index (χ1) is 10.2. The van der Waals surface area contributed by atoms with Gasteiger partial charge in [-0.15, -0.1) is 0 Å². The highest BCUT2D eigenvalue weighted by atomic mass is 79.9. The van der Waals surface area contributed by atoms with E-state index >= 15 is 0 Å². The van der Waals surface area contributed by atoms with E-state index in [4.69, 9.17) is 18.9 Å². The normalized spacial score (nSPS) is 68.0. The molecule has 8 atom stereocenters. The van der Waals surface area contributed by atoms with E-state index in [0.717, 1.165) is 6.29 Å². The van der Waals surface area contributed by atoms with Crippen LogP contribution in [0.15, 0.2) is 0 Å². The van der Waals surface area contributed by atoms with Crippen molar-refractivity contribution < 1.29 is 23.7 Å². The Morgan fingerprint density at radius 2 is 1.24 bits per heavy atom. The number of carbonyl (C=O) groups excluding carboxylic acids is 1. The number of aldehydes is 1. The third-order valence-corrected chi connectivity index (χ3v) is 9.65. The summed E-state index contributed by atoms with van der Waals surface area (Å²) in [7, 11) is 0. The van der Waals surface area contributed by atoms with Crippen molar-refractivity contribution in [3.63, 3.8) is 0 Å². The fourth-order valence-electron chi connectivity index (χ4n) is 8.15. The Bertz CT molecular complexity index is 611. The van der Waals surface area contributed by atoms with Gasteiger partial charge in [-0.3, -0.25) is 0 Å². The molecule has 0 aromatic carbocycles. The molecule has 6 aliphatic carbocycles. The Morgan fingerprint density at radius 1 is 0.762 bits per heavy atom. The lowest BCUT2D eigenvalue weighted by molar-refractivity contribution is -0.278. The molecule has 8 rings (SSSR count). The lowest BCUT2D eigenvalue weighted by Crippen LogP contribution is -2.76. The predicted molar refractivity (Wildman–Crippen MR) is 70.4 cm³/mol. The predicted octanol–water partition coefficient (Wildman–Crippen LogP) is 0.557. The van der Waals surface area contributed by atoms with Crippen LogP contribution < -0.4 is 0 Å². The molecular formula is C15H15BrO5. The molecule has 6 heteroatoms. The summed E-state index contributed by atoms with van der Waals surface area (Å²) in [6, 6.07) is 0. The molecule has 112 valence electrons. The van der Waals surface area contributed by atoms with Crippen LogP contribution in [0.1, 0.15) is 0 Å². The summed E-state index contributed by atoms with van der Waals surface area (Å²) in [5.74, 6) is 0.807. The third-order valence-electron chi connectivity index (χ3n) is 8.04. The minimum atomic E-state index is -0.690. The summed E-state index contributed by atoms with van der Waals surface area (Å²) in [4.78, 5) is 12.2. The van der Waals surface area contributed by atoms with E-state index in [1.807, 2.05) is 0 Å². The summed E-state index contributed by atoms with van der Waals surface area (Å²) in [5, 5.41) is 0. The molecule has 4 bridgehead atoms. The molecule has 8 fully saturated rings. The van der Waals surface area contributed by atoms with Crippen molar-refractivity contribution in [2.24, 2.45) is 40.9 Å². The molecule has 6 saturated carbocycles. The summed E-state index contributed by atoms with van der Waals surface area (Å²) < 4.78 is 24.5. The van der Waals surface area contributed by atoms with Gasteiger partial charge in [0.2, 0.25) is 0 Å². The van der Waals surface area contributed by atoms with E-state index in [2.05, 4.69) is 15.9 Å². The molecule has 2 heterocycles. The number of halogens is 1. The van der Waals surface area contributed by atoms with Crippen LogP contribution in [0.2, 0.25) is 0 Å². The zero-order chi connectivity index (χ0) is 13.8. The van der Waals surface area contributed by atoms with Gasteiger partial charge in [0.25, 0.3) is 0 Å². The fourth-order valence-corrected chi connectivity index (χ4v) is 9.78. The van der Waals surface area contributed by atoms with Gasteiger partial charge in [0.15, 0.2) is 11.6 Å². The van der Waals surface area contributed by atoms with Gasteiger partial charge in [0, 0.05) is 11.8 Å². The molecule has 0 N–H and O–H groups in total. The maximum Gasteiger partial charge on any atom is 0.188 e. The van der Waals surface area contributed by atoms with Crippen molar-refractivity contribution in [3.05, 3.63) is 0 Å². The largest absolute Gasteiger partial charge is 0.346 e. The van der Waals surface area contributed by atoms with Crippen LogP contribution in [0.3, 0.4) is 0 Å². The summed E-state index contributed by atoms with van der Waals surface area (Å²) in [6.45, 7) is 2.49. The van der Waals surface area contributed by atoms with E-state index in [1.165, 1.54) is 0 Å². The Morgan fingerprint density at radius 3 is 1.86 bits per heavy atom. The molecule has 5 nitrogen and oxygen atoms in total. The van der Waals surface area contributed by atoms with Gasteiger partial charge in [0.1, 0.15) is 6.29 Å². The van der Waals surface area contributed by atoms with Gasteiger partial charge in [0.05, 0.1) is 36.2 Å². The smallest absolute Gasteiger partial charge is 0.188 e. The number of hydrogen-bond donors (Lipinski definition) is 0. The van der Waals surface area contributed by atoms with Crippen LogP contribution in [-0.4, -0.2) is 48.6 Å². The molecule has 0 aromatic heterocycles. The van der Waals surface area contributed by atoms with Gasteiger partial charge < -0.3 is 23.7 Å². The van der Waals surface area contributed by atoms with Crippen LogP contribution >= 0.6 is 15.9 Å². The van der Waals surface area contributed by atoms with Gasteiger partial charge in [-0.05, 0) is 23.7 Å². The van der Waals surface area contributed by atoms with Crippen LogP contribution in [0.5, 0.6) is 0 Å². The van der Waals surface area contributed by atoms with Gasteiger partial charge in [-0.1, -0.05) is 15.9 Å². The van der Waals surface area contributed by atoms with E-state index in [0.29, 0.717) is 50.1 Å². The highest BCUT2D eigenvalue weighted by molar-refractivity contribution is 9.10. The molecule has 8 aliphatic rings. The van der Waals surface area contributed by atoms with Gasteiger partial charge in [-0.25, -0.2) is 0 Å². The summed E-state index contributed by atoms with van der Waals surface area (Å²) in [5.41, 5.74) is -0.440. The first kappa shape index (κ1) is 11.5. The zero-order valence-electron chi connectivity index (χ0n) is 11.3. The minimum absolute atomic E-state index is 0.119. The minimum Gasteiger partial charge on any atom is -0.346 e. The Labute approximate surface area is 129 Å². The Kier molecular flexibility index (Phi) is 1.52. The van der Waals surface area contributed by atoms with Gasteiger partial charge in [-0.2, -0.15) is 0 Å². The van der Waals surface area contributed by atoms with Crippen molar-refractivity contribution in [1.82, 2.24) is 0 Å². The topological polar surface area (TPSA) is 54.0 Å². The monoisotopic (exact) mass is 354 g/mol. The molecule has 0 amide bonds. The fraction of sp³-hybridized carbons (Fsp3) is 0.933. The van der Waals surface area contributed by atoms with Crippen molar-refractivity contribution in [2.45, 2.75) is 15.9 Å². The summed E-state index contributed by atoms with van der Waals surface area (Å²) in [6.07, 6.45) is 1.16. The standard InChI is InChI=1S/C15H15BrO5/c16-13-8-6-9(13)11-10(15(13)20-3-4-21-15)7(8)12(6,5-17)14(11)18-1-2-19-14/h5-11H,1-4H2/t6-,7-,8-,9+,10+,11+,12-,13-/m1/s1. The van der Waals surface area contributed by atoms with E-state index in [9.17, 15) is 4.79 Å². The van der Waals surface area contributed by atoms with Crippen molar-refractivity contribution in [1.29, 1.82) is 0 Å². The maximum atomic E-state index is 12.2. The SMILES string of the molecule is O=C[C@@]12[C@H]3[C@H]4[C@@H]([C@@H]5[C@H]1[C@@H]3[C@]4(Br)C51OCCO1)C21OCCO1. The average Bonchev–Trinajstić information content (AvgIpc) is 3.24. The van der Waals surface area contributed by atoms with E-state index in [1.54, 1.807) is 0 Å².